The summed E-state index contributed by atoms with van der Waals surface area (Å²) in [5, 5.41) is 0. The number of aryl methyl sites for hydroxylation is 1. The van der Waals surface area contributed by atoms with Crippen LogP contribution in [-0.4, -0.2) is 40.5 Å². The molecule has 2 aliphatic heterocycles. The molecule has 25 heavy (non-hydrogen) atoms. The maximum absolute atomic E-state index is 12.9. The third-order valence-corrected chi connectivity index (χ3v) is 5.34. The van der Waals surface area contributed by atoms with Gasteiger partial charge in [-0.2, -0.15) is 0 Å². The lowest BCUT2D eigenvalue weighted by Gasteiger charge is -2.36. The summed E-state index contributed by atoms with van der Waals surface area (Å²) in [6.45, 7) is 4.17. The third kappa shape index (κ3) is 3.33. The molecule has 3 heterocycles. The number of carbonyl (C=O) groups is 1. The SMILES string of the molecule is Cc1ccc(-c2cnc([C@H]3CCCCN3C(=O)[C@@H]3CCOC3)[nH]2)cc1. The van der Waals surface area contributed by atoms with Gasteiger partial charge in [-0.05, 0) is 38.2 Å². The molecule has 4 rings (SSSR count). The molecule has 2 saturated heterocycles. The zero-order chi connectivity index (χ0) is 17.2. The van der Waals surface area contributed by atoms with Crippen LogP contribution in [0.4, 0.5) is 0 Å². The van der Waals surface area contributed by atoms with Crippen LogP contribution in [0.15, 0.2) is 30.5 Å². The van der Waals surface area contributed by atoms with Crippen LogP contribution in [0.2, 0.25) is 0 Å². The normalized spacial score (nSPS) is 23.8. The zero-order valence-corrected chi connectivity index (χ0v) is 14.7. The van der Waals surface area contributed by atoms with Crippen LogP contribution in [0.5, 0.6) is 0 Å². The van der Waals surface area contributed by atoms with Gasteiger partial charge in [-0.25, -0.2) is 4.98 Å². The molecule has 0 aliphatic carbocycles. The number of amides is 1. The van der Waals surface area contributed by atoms with Crippen molar-refractivity contribution in [2.45, 2.75) is 38.6 Å². The topological polar surface area (TPSA) is 58.2 Å². The van der Waals surface area contributed by atoms with E-state index in [0.29, 0.717) is 13.2 Å². The number of nitrogens with one attached hydrogen (secondary N) is 1. The van der Waals surface area contributed by atoms with Crippen molar-refractivity contribution >= 4 is 5.91 Å². The Bertz CT molecular complexity index is 732. The highest BCUT2D eigenvalue weighted by atomic mass is 16.5. The van der Waals surface area contributed by atoms with Gasteiger partial charge in [0.25, 0.3) is 0 Å². The Morgan fingerprint density at radius 2 is 2.08 bits per heavy atom. The first-order valence-corrected chi connectivity index (χ1v) is 9.22. The Kier molecular flexibility index (Phi) is 4.57. The summed E-state index contributed by atoms with van der Waals surface area (Å²) in [6, 6.07) is 8.47. The number of hydrogen-bond acceptors (Lipinski definition) is 3. The smallest absolute Gasteiger partial charge is 0.228 e. The number of ether oxygens (including phenoxy) is 1. The van der Waals surface area contributed by atoms with Crippen LogP contribution in [0, 0.1) is 12.8 Å². The number of piperidine rings is 1. The van der Waals surface area contributed by atoms with Crippen molar-refractivity contribution in [3.05, 3.63) is 41.9 Å². The lowest BCUT2D eigenvalue weighted by molar-refractivity contribution is -0.139. The molecule has 1 aromatic carbocycles. The standard InChI is InChI=1S/C20H25N3O2/c1-14-5-7-15(8-6-14)17-12-21-19(22-17)18-4-2-3-10-23(18)20(24)16-9-11-25-13-16/h5-8,12,16,18H,2-4,9-11,13H2,1H3,(H,21,22)/t16-,18-/m1/s1. The number of aromatic amines is 1. The Labute approximate surface area is 148 Å². The van der Waals surface area contributed by atoms with Crippen LogP contribution in [-0.2, 0) is 9.53 Å². The Morgan fingerprint density at radius 1 is 1.24 bits per heavy atom. The average Bonchev–Trinajstić information content (AvgIpc) is 3.34. The van der Waals surface area contributed by atoms with E-state index in [9.17, 15) is 4.79 Å². The molecule has 0 radical (unpaired) electrons. The van der Waals surface area contributed by atoms with Crippen molar-refractivity contribution in [1.82, 2.24) is 14.9 Å². The number of rotatable bonds is 3. The van der Waals surface area contributed by atoms with Gasteiger partial charge in [-0.3, -0.25) is 4.79 Å². The highest BCUT2D eigenvalue weighted by Gasteiger charge is 2.35. The minimum Gasteiger partial charge on any atom is -0.381 e. The highest BCUT2D eigenvalue weighted by molar-refractivity contribution is 5.79. The molecular formula is C20H25N3O2. The van der Waals surface area contributed by atoms with E-state index < -0.39 is 0 Å². The lowest BCUT2D eigenvalue weighted by Crippen LogP contribution is -2.42. The van der Waals surface area contributed by atoms with E-state index in [0.717, 1.165) is 49.3 Å². The van der Waals surface area contributed by atoms with Crippen molar-refractivity contribution in [3.63, 3.8) is 0 Å². The number of benzene rings is 1. The van der Waals surface area contributed by atoms with E-state index in [2.05, 4.69) is 41.2 Å². The maximum atomic E-state index is 12.9. The second-order valence-electron chi connectivity index (χ2n) is 7.15. The fourth-order valence-corrected chi connectivity index (χ4v) is 3.83. The lowest BCUT2D eigenvalue weighted by atomic mass is 9.98. The molecule has 1 N–H and O–H groups in total. The van der Waals surface area contributed by atoms with E-state index in [1.54, 1.807) is 0 Å². The van der Waals surface area contributed by atoms with E-state index in [-0.39, 0.29) is 17.9 Å². The minimum atomic E-state index is 0.0205. The Morgan fingerprint density at radius 3 is 2.84 bits per heavy atom. The first-order valence-electron chi connectivity index (χ1n) is 9.22. The van der Waals surface area contributed by atoms with Crippen molar-refractivity contribution in [2.24, 2.45) is 5.92 Å². The van der Waals surface area contributed by atoms with Gasteiger partial charge in [0.05, 0.1) is 30.5 Å². The van der Waals surface area contributed by atoms with Crippen LogP contribution in [0.3, 0.4) is 0 Å². The summed E-state index contributed by atoms with van der Waals surface area (Å²) >= 11 is 0. The fourth-order valence-electron chi connectivity index (χ4n) is 3.83. The summed E-state index contributed by atoms with van der Waals surface area (Å²) in [6.07, 6.45) is 5.91. The second kappa shape index (κ2) is 7.00. The molecule has 2 aromatic rings. The molecule has 2 aliphatic rings. The number of H-pyrrole nitrogens is 1. The molecule has 5 nitrogen and oxygen atoms in total. The van der Waals surface area contributed by atoms with Crippen molar-refractivity contribution in [3.8, 4) is 11.3 Å². The van der Waals surface area contributed by atoms with Crippen molar-refractivity contribution in [2.75, 3.05) is 19.8 Å². The number of imidazole rings is 1. The van der Waals surface area contributed by atoms with Crippen molar-refractivity contribution in [1.29, 1.82) is 0 Å². The van der Waals surface area contributed by atoms with Gasteiger partial charge in [-0.15, -0.1) is 0 Å². The number of carbonyl (C=O) groups excluding carboxylic acids is 1. The predicted octanol–water partition coefficient (Wildman–Crippen LogP) is 3.48. The quantitative estimate of drug-likeness (QED) is 0.931. The Balaban J connectivity index is 1.56. The number of hydrogen-bond donors (Lipinski definition) is 1. The maximum Gasteiger partial charge on any atom is 0.228 e. The molecule has 0 bridgehead atoms. The van der Waals surface area contributed by atoms with Crippen LogP contribution in [0.1, 0.15) is 43.1 Å². The number of nitrogens with zero attached hydrogens (tertiary/aromatic N) is 2. The van der Waals surface area contributed by atoms with Gasteiger partial charge < -0.3 is 14.6 Å². The summed E-state index contributed by atoms with van der Waals surface area (Å²) in [7, 11) is 0. The van der Waals surface area contributed by atoms with E-state index in [1.165, 1.54) is 5.56 Å². The van der Waals surface area contributed by atoms with E-state index in [4.69, 9.17) is 4.74 Å². The first-order chi connectivity index (χ1) is 12.2. The van der Waals surface area contributed by atoms with Gasteiger partial charge in [0.15, 0.2) is 0 Å². The largest absolute Gasteiger partial charge is 0.381 e. The summed E-state index contributed by atoms with van der Waals surface area (Å²) < 4.78 is 5.41. The van der Waals surface area contributed by atoms with E-state index >= 15 is 0 Å². The molecule has 0 saturated carbocycles. The Hall–Kier alpha value is -2.14. The zero-order valence-electron chi connectivity index (χ0n) is 14.7. The number of likely N-dealkylation sites (tertiary alicyclic amines) is 1. The average molecular weight is 339 g/mol. The fraction of sp³-hybridized carbons (Fsp3) is 0.500. The van der Waals surface area contributed by atoms with Gasteiger partial charge in [-0.1, -0.05) is 29.8 Å². The molecule has 0 unspecified atom stereocenters. The van der Waals surface area contributed by atoms with Gasteiger partial charge in [0.2, 0.25) is 5.91 Å². The van der Waals surface area contributed by atoms with Crippen LogP contribution < -0.4 is 0 Å². The highest BCUT2D eigenvalue weighted by Crippen LogP contribution is 2.32. The van der Waals surface area contributed by atoms with Gasteiger partial charge in [0, 0.05) is 13.2 Å². The third-order valence-electron chi connectivity index (χ3n) is 5.34. The molecule has 2 atom stereocenters. The molecular weight excluding hydrogens is 314 g/mol. The molecule has 5 heteroatoms. The first kappa shape index (κ1) is 16.3. The van der Waals surface area contributed by atoms with E-state index in [1.807, 2.05) is 11.1 Å². The monoisotopic (exact) mass is 339 g/mol. The molecule has 1 amide bonds. The predicted molar refractivity (Wildman–Crippen MR) is 96.0 cm³/mol. The molecule has 132 valence electrons. The summed E-state index contributed by atoms with van der Waals surface area (Å²) in [4.78, 5) is 23.0. The molecule has 1 aromatic heterocycles. The minimum absolute atomic E-state index is 0.0205. The molecule has 0 spiro atoms. The van der Waals surface area contributed by atoms with Gasteiger partial charge >= 0.3 is 0 Å². The van der Waals surface area contributed by atoms with Crippen LogP contribution in [0.25, 0.3) is 11.3 Å². The second-order valence-corrected chi connectivity index (χ2v) is 7.15. The number of aromatic nitrogens is 2. The van der Waals surface area contributed by atoms with Crippen molar-refractivity contribution < 1.29 is 9.53 Å². The van der Waals surface area contributed by atoms with Crippen LogP contribution >= 0.6 is 0 Å². The summed E-state index contributed by atoms with van der Waals surface area (Å²) in [5.41, 5.74) is 3.38. The summed E-state index contributed by atoms with van der Waals surface area (Å²) in [5.74, 6) is 1.16. The van der Waals surface area contributed by atoms with Gasteiger partial charge in [0.1, 0.15) is 5.82 Å². The molecule has 2 fully saturated rings.